The number of phenols is 1. The standard InChI is InChI=1S/C11H7F3O2/c12-11(13,14)7-3-4-9(15)8(6-7)10-2-1-5-16-10/h1-6,15H. The van der Waals surface area contributed by atoms with Crippen LogP contribution in [0.15, 0.2) is 41.0 Å². The smallest absolute Gasteiger partial charge is 0.416 e. The van der Waals surface area contributed by atoms with E-state index < -0.39 is 11.7 Å². The van der Waals surface area contributed by atoms with E-state index in [1.807, 2.05) is 0 Å². The number of phenolic OH excluding ortho intramolecular Hbond substituents is 1. The molecular weight excluding hydrogens is 221 g/mol. The average Bonchev–Trinajstić information content (AvgIpc) is 2.69. The molecule has 1 aromatic carbocycles. The quantitative estimate of drug-likeness (QED) is 0.807. The fourth-order valence-corrected chi connectivity index (χ4v) is 1.34. The summed E-state index contributed by atoms with van der Waals surface area (Å²) in [6.45, 7) is 0. The van der Waals surface area contributed by atoms with Gasteiger partial charge in [-0.05, 0) is 30.3 Å². The first-order valence-electron chi connectivity index (χ1n) is 4.42. The summed E-state index contributed by atoms with van der Waals surface area (Å²) in [4.78, 5) is 0. The molecule has 2 aromatic rings. The Bertz CT molecular complexity index is 486. The minimum atomic E-state index is -4.44. The van der Waals surface area contributed by atoms with Crippen molar-refractivity contribution in [3.05, 3.63) is 42.2 Å². The molecule has 0 saturated heterocycles. The Balaban J connectivity index is 2.54. The second-order valence-electron chi connectivity index (χ2n) is 3.21. The normalized spacial score (nSPS) is 11.7. The maximum atomic E-state index is 12.4. The lowest BCUT2D eigenvalue weighted by molar-refractivity contribution is -0.137. The molecule has 1 aromatic heterocycles. The summed E-state index contributed by atoms with van der Waals surface area (Å²) in [5.41, 5.74) is -0.795. The zero-order valence-corrected chi connectivity index (χ0v) is 7.95. The molecule has 16 heavy (non-hydrogen) atoms. The molecule has 0 fully saturated rings. The summed E-state index contributed by atoms with van der Waals surface area (Å²) in [7, 11) is 0. The van der Waals surface area contributed by atoms with E-state index in [0.717, 1.165) is 18.2 Å². The van der Waals surface area contributed by atoms with Gasteiger partial charge in [0.1, 0.15) is 11.5 Å². The van der Waals surface area contributed by atoms with Gasteiger partial charge in [-0.1, -0.05) is 0 Å². The predicted molar refractivity (Wildman–Crippen MR) is 50.8 cm³/mol. The summed E-state index contributed by atoms with van der Waals surface area (Å²) in [5, 5.41) is 9.45. The maximum Gasteiger partial charge on any atom is 0.416 e. The number of halogens is 3. The van der Waals surface area contributed by atoms with Crippen LogP contribution >= 0.6 is 0 Å². The first kappa shape index (κ1) is 10.6. The van der Waals surface area contributed by atoms with E-state index in [4.69, 9.17) is 4.42 Å². The topological polar surface area (TPSA) is 33.4 Å². The van der Waals surface area contributed by atoms with Crippen molar-refractivity contribution in [2.75, 3.05) is 0 Å². The van der Waals surface area contributed by atoms with Crippen LogP contribution in [0.25, 0.3) is 11.3 Å². The highest BCUT2D eigenvalue weighted by Crippen LogP contribution is 2.36. The summed E-state index contributed by atoms with van der Waals surface area (Å²) >= 11 is 0. The molecule has 0 amide bonds. The Morgan fingerprint density at radius 3 is 2.44 bits per heavy atom. The van der Waals surface area contributed by atoms with E-state index in [1.165, 1.54) is 18.4 Å². The molecule has 2 rings (SSSR count). The van der Waals surface area contributed by atoms with Gasteiger partial charge < -0.3 is 9.52 Å². The zero-order valence-electron chi connectivity index (χ0n) is 7.95. The van der Waals surface area contributed by atoms with E-state index in [2.05, 4.69) is 0 Å². The van der Waals surface area contributed by atoms with Gasteiger partial charge in [0.05, 0.1) is 17.4 Å². The molecule has 0 saturated carbocycles. The first-order valence-corrected chi connectivity index (χ1v) is 4.42. The molecule has 0 atom stereocenters. The highest BCUT2D eigenvalue weighted by atomic mass is 19.4. The van der Waals surface area contributed by atoms with E-state index in [9.17, 15) is 18.3 Å². The summed E-state index contributed by atoms with van der Waals surface area (Å²) in [5.74, 6) is -0.0495. The van der Waals surface area contributed by atoms with Crippen LogP contribution in [-0.2, 0) is 6.18 Å². The monoisotopic (exact) mass is 228 g/mol. The third-order valence-corrected chi connectivity index (χ3v) is 2.11. The van der Waals surface area contributed by atoms with Gasteiger partial charge in [0.15, 0.2) is 0 Å². The molecule has 84 valence electrons. The van der Waals surface area contributed by atoms with Crippen LogP contribution in [-0.4, -0.2) is 5.11 Å². The van der Waals surface area contributed by atoms with Gasteiger partial charge in [0.25, 0.3) is 0 Å². The van der Waals surface area contributed by atoms with Gasteiger partial charge in [-0.15, -0.1) is 0 Å². The number of aromatic hydroxyl groups is 1. The van der Waals surface area contributed by atoms with E-state index in [-0.39, 0.29) is 17.1 Å². The van der Waals surface area contributed by atoms with Crippen molar-refractivity contribution in [2.24, 2.45) is 0 Å². The Kier molecular flexibility index (Phi) is 2.38. The fourth-order valence-electron chi connectivity index (χ4n) is 1.34. The third-order valence-electron chi connectivity index (χ3n) is 2.11. The second-order valence-corrected chi connectivity index (χ2v) is 3.21. The molecule has 1 N–H and O–H groups in total. The largest absolute Gasteiger partial charge is 0.507 e. The highest BCUT2D eigenvalue weighted by Gasteiger charge is 2.31. The summed E-state index contributed by atoms with van der Waals surface area (Å²) in [6.07, 6.45) is -3.11. The van der Waals surface area contributed by atoms with Gasteiger partial charge in [-0.25, -0.2) is 0 Å². The van der Waals surface area contributed by atoms with E-state index >= 15 is 0 Å². The molecule has 5 heteroatoms. The maximum absolute atomic E-state index is 12.4. The van der Waals surface area contributed by atoms with Crippen LogP contribution in [0.3, 0.4) is 0 Å². The van der Waals surface area contributed by atoms with Crippen molar-refractivity contribution in [1.82, 2.24) is 0 Å². The fraction of sp³-hybridized carbons (Fsp3) is 0.0909. The molecule has 0 aliphatic carbocycles. The van der Waals surface area contributed by atoms with Crippen molar-refractivity contribution in [2.45, 2.75) is 6.18 Å². The van der Waals surface area contributed by atoms with Crippen molar-refractivity contribution < 1.29 is 22.7 Å². The van der Waals surface area contributed by atoms with Gasteiger partial charge in [0.2, 0.25) is 0 Å². The van der Waals surface area contributed by atoms with Crippen LogP contribution in [0.4, 0.5) is 13.2 Å². The Hall–Kier alpha value is -1.91. The molecule has 0 radical (unpaired) electrons. The lowest BCUT2D eigenvalue weighted by Gasteiger charge is -2.08. The van der Waals surface area contributed by atoms with Crippen LogP contribution in [0.1, 0.15) is 5.56 Å². The molecule has 0 unspecified atom stereocenters. The van der Waals surface area contributed by atoms with Crippen molar-refractivity contribution >= 4 is 0 Å². The average molecular weight is 228 g/mol. The minimum Gasteiger partial charge on any atom is -0.507 e. The van der Waals surface area contributed by atoms with Gasteiger partial charge >= 0.3 is 6.18 Å². The summed E-state index contributed by atoms with van der Waals surface area (Å²) < 4.78 is 42.2. The van der Waals surface area contributed by atoms with Crippen LogP contribution in [0.5, 0.6) is 5.75 Å². The number of hydrogen-bond donors (Lipinski definition) is 1. The number of alkyl halides is 3. The molecule has 0 aliphatic heterocycles. The number of benzene rings is 1. The van der Waals surface area contributed by atoms with Crippen LogP contribution in [0.2, 0.25) is 0 Å². The van der Waals surface area contributed by atoms with Crippen molar-refractivity contribution in [3.8, 4) is 17.1 Å². The number of rotatable bonds is 1. The lowest BCUT2D eigenvalue weighted by atomic mass is 10.1. The number of furan rings is 1. The van der Waals surface area contributed by atoms with Gasteiger partial charge in [0, 0.05) is 0 Å². The SMILES string of the molecule is Oc1ccc(C(F)(F)F)cc1-c1ccco1. The summed E-state index contributed by atoms with van der Waals surface area (Å²) in [6, 6.07) is 5.70. The molecule has 0 aliphatic rings. The van der Waals surface area contributed by atoms with Crippen LogP contribution < -0.4 is 0 Å². The molecular formula is C11H7F3O2. The Labute approximate surface area is 88.9 Å². The Morgan fingerprint density at radius 1 is 1.12 bits per heavy atom. The molecule has 0 bridgehead atoms. The second kappa shape index (κ2) is 3.59. The highest BCUT2D eigenvalue weighted by molar-refractivity contribution is 5.66. The predicted octanol–water partition coefficient (Wildman–Crippen LogP) is 3.67. The Morgan fingerprint density at radius 2 is 1.88 bits per heavy atom. The van der Waals surface area contributed by atoms with Crippen molar-refractivity contribution in [1.29, 1.82) is 0 Å². The zero-order chi connectivity index (χ0) is 11.8. The molecule has 0 spiro atoms. The van der Waals surface area contributed by atoms with Crippen LogP contribution in [0, 0.1) is 0 Å². The van der Waals surface area contributed by atoms with Crippen molar-refractivity contribution in [3.63, 3.8) is 0 Å². The molecule has 1 heterocycles. The van der Waals surface area contributed by atoms with Gasteiger partial charge in [-0.2, -0.15) is 13.2 Å². The minimum absolute atomic E-state index is 0.0276. The van der Waals surface area contributed by atoms with Gasteiger partial charge in [-0.3, -0.25) is 0 Å². The van der Waals surface area contributed by atoms with E-state index in [0.29, 0.717) is 0 Å². The number of hydrogen-bond acceptors (Lipinski definition) is 2. The van der Waals surface area contributed by atoms with E-state index in [1.54, 1.807) is 0 Å². The lowest BCUT2D eigenvalue weighted by Crippen LogP contribution is -2.04. The third kappa shape index (κ3) is 1.88. The first-order chi connectivity index (χ1) is 7.48. The molecule has 2 nitrogen and oxygen atoms in total.